The highest BCUT2D eigenvalue weighted by atomic mass is 19.4. The van der Waals surface area contributed by atoms with Crippen molar-refractivity contribution in [1.82, 2.24) is 5.32 Å². The van der Waals surface area contributed by atoms with E-state index in [4.69, 9.17) is 4.74 Å². The smallest absolute Gasteiger partial charge is 0.356 e. The minimum absolute atomic E-state index is 0.266. The van der Waals surface area contributed by atoms with E-state index in [2.05, 4.69) is 5.32 Å². The van der Waals surface area contributed by atoms with Gasteiger partial charge in [0, 0.05) is 12.7 Å². The van der Waals surface area contributed by atoms with E-state index in [0.29, 0.717) is 5.56 Å². The van der Waals surface area contributed by atoms with Gasteiger partial charge in [0.2, 0.25) is 0 Å². The van der Waals surface area contributed by atoms with Crippen molar-refractivity contribution in [2.24, 2.45) is 0 Å². The van der Waals surface area contributed by atoms with E-state index in [1.165, 1.54) is 24.3 Å². The number of halogens is 3. The fourth-order valence-corrected chi connectivity index (χ4v) is 2.55. The summed E-state index contributed by atoms with van der Waals surface area (Å²) in [6, 6.07) is 15.1. The summed E-state index contributed by atoms with van der Waals surface area (Å²) < 4.78 is 46.1. The highest BCUT2D eigenvalue weighted by Gasteiger charge is 2.62. The molecule has 128 valence electrons. The summed E-state index contributed by atoms with van der Waals surface area (Å²) in [5, 5.41) is 2.41. The van der Waals surface area contributed by atoms with Crippen LogP contribution in [0.2, 0.25) is 0 Å². The Bertz CT molecular complexity index is 674. The molecular formula is C18H18F3NO2. The van der Waals surface area contributed by atoms with Crippen LogP contribution in [0.25, 0.3) is 0 Å². The van der Waals surface area contributed by atoms with Crippen molar-refractivity contribution in [1.29, 1.82) is 0 Å². The lowest BCUT2D eigenvalue weighted by Crippen LogP contribution is -2.56. The molecule has 6 heteroatoms. The van der Waals surface area contributed by atoms with Gasteiger partial charge in [0.05, 0.1) is 6.04 Å². The number of hydrogen-bond acceptors (Lipinski definition) is 2. The largest absolute Gasteiger partial charge is 0.430 e. The maximum Gasteiger partial charge on any atom is 0.430 e. The Morgan fingerprint density at radius 3 is 1.96 bits per heavy atom. The van der Waals surface area contributed by atoms with Crippen LogP contribution in [0.4, 0.5) is 13.2 Å². The summed E-state index contributed by atoms with van der Waals surface area (Å²) in [4.78, 5) is 12.6. The summed E-state index contributed by atoms with van der Waals surface area (Å²) in [6.07, 6.45) is -4.91. The number of nitrogens with one attached hydrogen (secondary N) is 1. The lowest BCUT2D eigenvalue weighted by Gasteiger charge is -2.34. The van der Waals surface area contributed by atoms with Crippen molar-refractivity contribution in [3.63, 3.8) is 0 Å². The van der Waals surface area contributed by atoms with Gasteiger partial charge in [-0.15, -0.1) is 0 Å². The maximum atomic E-state index is 13.8. The Kier molecular flexibility index (Phi) is 5.29. The normalized spacial score (nSPS) is 15.4. The highest BCUT2D eigenvalue weighted by Crippen LogP contribution is 2.42. The molecule has 2 aromatic rings. The Morgan fingerprint density at radius 2 is 1.50 bits per heavy atom. The van der Waals surface area contributed by atoms with E-state index < -0.39 is 23.7 Å². The number of rotatable bonds is 5. The van der Waals surface area contributed by atoms with Crippen LogP contribution in [-0.2, 0) is 15.1 Å². The number of benzene rings is 2. The zero-order valence-electron chi connectivity index (χ0n) is 13.3. The molecule has 0 aromatic heterocycles. The minimum atomic E-state index is -4.91. The van der Waals surface area contributed by atoms with Crippen LogP contribution in [0, 0.1) is 0 Å². The monoisotopic (exact) mass is 337 g/mol. The molecule has 24 heavy (non-hydrogen) atoms. The second-order valence-corrected chi connectivity index (χ2v) is 5.35. The molecular weight excluding hydrogens is 319 g/mol. The van der Waals surface area contributed by atoms with Crippen LogP contribution in [0.5, 0.6) is 0 Å². The zero-order valence-corrected chi connectivity index (χ0v) is 13.3. The van der Waals surface area contributed by atoms with Gasteiger partial charge in [-0.3, -0.25) is 4.79 Å². The molecule has 0 spiro atoms. The van der Waals surface area contributed by atoms with Crippen molar-refractivity contribution in [2.75, 3.05) is 7.11 Å². The number of alkyl halides is 3. The molecule has 0 radical (unpaired) electrons. The second-order valence-electron chi connectivity index (χ2n) is 5.35. The average molecular weight is 337 g/mol. The first-order valence-electron chi connectivity index (χ1n) is 7.36. The fourth-order valence-electron chi connectivity index (χ4n) is 2.55. The van der Waals surface area contributed by atoms with Crippen molar-refractivity contribution in [3.8, 4) is 0 Å². The number of hydrogen-bond donors (Lipinski definition) is 1. The SMILES string of the molecule is CO[C@@](C(=O)N[C@H](C)c1ccccc1)(c1ccccc1)C(F)(F)F. The Balaban J connectivity index is 2.39. The molecule has 0 saturated carbocycles. The molecule has 2 atom stereocenters. The molecule has 1 amide bonds. The molecule has 2 aromatic carbocycles. The first-order valence-corrected chi connectivity index (χ1v) is 7.36. The molecule has 0 unspecified atom stereocenters. The van der Waals surface area contributed by atoms with Gasteiger partial charge in [0.25, 0.3) is 11.5 Å². The van der Waals surface area contributed by atoms with E-state index in [0.717, 1.165) is 7.11 Å². The molecule has 0 bridgehead atoms. The molecule has 0 aliphatic heterocycles. The van der Waals surface area contributed by atoms with Gasteiger partial charge in [0.1, 0.15) is 0 Å². The van der Waals surface area contributed by atoms with E-state index in [-0.39, 0.29) is 5.56 Å². The highest BCUT2D eigenvalue weighted by molar-refractivity contribution is 5.88. The van der Waals surface area contributed by atoms with Gasteiger partial charge in [-0.2, -0.15) is 13.2 Å². The van der Waals surface area contributed by atoms with E-state index >= 15 is 0 Å². The predicted octanol–water partition coefficient (Wildman–Crippen LogP) is 3.97. The Hall–Kier alpha value is -2.34. The predicted molar refractivity (Wildman–Crippen MR) is 84.2 cm³/mol. The lowest BCUT2D eigenvalue weighted by atomic mass is 9.91. The Morgan fingerprint density at radius 1 is 1.00 bits per heavy atom. The summed E-state index contributed by atoms with van der Waals surface area (Å²) in [6.45, 7) is 1.62. The Labute approximate surface area is 138 Å². The first-order chi connectivity index (χ1) is 11.3. The first kappa shape index (κ1) is 18.0. The van der Waals surface area contributed by atoms with Gasteiger partial charge in [-0.25, -0.2) is 0 Å². The molecule has 0 fully saturated rings. The van der Waals surface area contributed by atoms with Crippen LogP contribution in [-0.4, -0.2) is 19.2 Å². The number of carbonyl (C=O) groups is 1. The third-order valence-electron chi connectivity index (χ3n) is 3.85. The molecule has 0 saturated heterocycles. The molecule has 0 heterocycles. The quantitative estimate of drug-likeness (QED) is 0.897. The minimum Gasteiger partial charge on any atom is -0.356 e. The van der Waals surface area contributed by atoms with Gasteiger partial charge >= 0.3 is 6.18 Å². The van der Waals surface area contributed by atoms with Gasteiger partial charge in [0.15, 0.2) is 0 Å². The number of ether oxygens (including phenoxy) is 1. The van der Waals surface area contributed by atoms with Gasteiger partial charge < -0.3 is 10.1 Å². The number of carbonyl (C=O) groups excluding carboxylic acids is 1. The van der Waals surface area contributed by atoms with E-state index in [1.807, 2.05) is 0 Å². The standard InChI is InChI=1S/C18H18F3NO2/c1-13(14-9-5-3-6-10-14)22-16(23)17(24-2,18(19,20)21)15-11-7-4-8-12-15/h3-13H,1-2H3,(H,22,23)/t13-,17-/m1/s1. The lowest BCUT2D eigenvalue weighted by molar-refractivity contribution is -0.266. The van der Waals surface area contributed by atoms with Crippen LogP contribution >= 0.6 is 0 Å². The molecule has 3 nitrogen and oxygen atoms in total. The van der Waals surface area contributed by atoms with Crippen LogP contribution < -0.4 is 5.32 Å². The summed E-state index contributed by atoms with van der Waals surface area (Å²) in [7, 11) is 0.882. The van der Waals surface area contributed by atoms with E-state index in [1.54, 1.807) is 43.3 Å². The summed E-state index contributed by atoms with van der Waals surface area (Å²) >= 11 is 0. The van der Waals surface area contributed by atoms with Crippen molar-refractivity contribution < 1.29 is 22.7 Å². The summed E-state index contributed by atoms with van der Waals surface area (Å²) in [5.74, 6) is -1.25. The fraction of sp³-hybridized carbons (Fsp3) is 0.278. The van der Waals surface area contributed by atoms with Crippen molar-refractivity contribution in [3.05, 3.63) is 71.8 Å². The van der Waals surface area contributed by atoms with Gasteiger partial charge in [-0.1, -0.05) is 60.7 Å². The third kappa shape index (κ3) is 3.28. The topological polar surface area (TPSA) is 38.3 Å². The van der Waals surface area contributed by atoms with Crippen LogP contribution in [0.3, 0.4) is 0 Å². The molecule has 0 aliphatic rings. The molecule has 1 N–H and O–H groups in total. The molecule has 0 aliphatic carbocycles. The van der Waals surface area contributed by atoms with Crippen molar-refractivity contribution >= 4 is 5.91 Å². The van der Waals surface area contributed by atoms with Gasteiger partial charge in [-0.05, 0) is 12.5 Å². The van der Waals surface area contributed by atoms with Crippen LogP contribution in [0.15, 0.2) is 60.7 Å². The molecule has 2 rings (SSSR count). The van der Waals surface area contributed by atoms with Crippen LogP contribution in [0.1, 0.15) is 24.1 Å². The number of methoxy groups -OCH3 is 1. The van der Waals surface area contributed by atoms with Crippen molar-refractivity contribution in [2.45, 2.75) is 24.7 Å². The average Bonchev–Trinajstić information content (AvgIpc) is 2.56. The number of amides is 1. The third-order valence-corrected chi connectivity index (χ3v) is 3.85. The summed E-state index contributed by atoms with van der Waals surface area (Å²) in [5.41, 5.74) is -2.62. The zero-order chi connectivity index (χ0) is 17.8. The second kappa shape index (κ2) is 7.05. The maximum absolute atomic E-state index is 13.8. The van der Waals surface area contributed by atoms with E-state index in [9.17, 15) is 18.0 Å².